The van der Waals surface area contributed by atoms with Crippen LogP contribution in [0.2, 0.25) is 0 Å². The van der Waals surface area contributed by atoms with E-state index in [1.165, 1.54) is 12.1 Å². The Hall–Kier alpha value is -3.48. The molecule has 2 amide bonds. The smallest absolute Gasteiger partial charge is 0.251 e. The first-order valence-corrected chi connectivity index (χ1v) is 11.0. The summed E-state index contributed by atoms with van der Waals surface area (Å²) in [6, 6.07) is 12.5. The molecule has 1 aromatic heterocycles. The lowest BCUT2D eigenvalue weighted by molar-refractivity contribution is -0.121. The molecule has 0 bridgehead atoms. The minimum Gasteiger partial charge on any atom is -0.339 e. The van der Waals surface area contributed by atoms with Crippen LogP contribution in [0.3, 0.4) is 0 Å². The monoisotopic (exact) mass is 448 g/mol. The Bertz CT molecular complexity index is 1220. The van der Waals surface area contributed by atoms with Gasteiger partial charge in [0.2, 0.25) is 0 Å². The molecule has 3 aromatic rings. The third-order valence-corrected chi connectivity index (χ3v) is 6.07. The number of amides is 2. The first-order chi connectivity index (χ1) is 15.5. The molecule has 2 heterocycles. The molecule has 0 aliphatic carbocycles. The van der Waals surface area contributed by atoms with Crippen molar-refractivity contribution in [1.29, 1.82) is 0 Å². The van der Waals surface area contributed by atoms with Crippen molar-refractivity contribution in [1.82, 2.24) is 15.1 Å². The summed E-state index contributed by atoms with van der Waals surface area (Å²) in [5.41, 5.74) is 3.44. The summed E-state index contributed by atoms with van der Waals surface area (Å²) in [7, 11) is 1.71. The number of carbonyl (C=O) groups is 2. The van der Waals surface area contributed by atoms with Crippen molar-refractivity contribution in [2.24, 2.45) is 0 Å². The average molecular weight is 449 g/mol. The van der Waals surface area contributed by atoms with Gasteiger partial charge >= 0.3 is 0 Å². The zero-order chi connectivity index (χ0) is 24.1. The van der Waals surface area contributed by atoms with E-state index >= 15 is 0 Å². The molecule has 0 radical (unpaired) electrons. The Morgan fingerprint density at radius 2 is 1.76 bits per heavy atom. The van der Waals surface area contributed by atoms with Crippen LogP contribution < -0.4 is 10.2 Å². The van der Waals surface area contributed by atoms with Gasteiger partial charge in [0.15, 0.2) is 0 Å². The molecule has 2 atom stereocenters. The Labute approximate surface area is 193 Å². The number of anilines is 1. The van der Waals surface area contributed by atoms with Gasteiger partial charge in [-0.25, -0.2) is 9.07 Å². The third-order valence-electron chi connectivity index (χ3n) is 6.07. The van der Waals surface area contributed by atoms with Crippen LogP contribution in [0.1, 0.15) is 59.4 Å². The predicted molar refractivity (Wildman–Crippen MR) is 126 cm³/mol. The lowest BCUT2D eigenvalue weighted by atomic mass is 9.81. The highest BCUT2D eigenvalue weighted by atomic mass is 19.1. The van der Waals surface area contributed by atoms with E-state index in [9.17, 15) is 14.0 Å². The fraction of sp³-hybridized carbons (Fsp3) is 0.346. The van der Waals surface area contributed by atoms with Gasteiger partial charge in [-0.3, -0.25) is 14.5 Å². The van der Waals surface area contributed by atoms with Crippen LogP contribution in [0.25, 0.3) is 0 Å². The van der Waals surface area contributed by atoms with Crippen molar-refractivity contribution in [2.45, 2.75) is 52.1 Å². The minimum absolute atomic E-state index is 0.247. The summed E-state index contributed by atoms with van der Waals surface area (Å²) in [5, 5.41) is 7.72. The molecule has 172 valence electrons. The summed E-state index contributed by atoms with van der Waals surface area (Å²) in [6.07, 6.45) is 0. The predicted octanol–water partition coefficient (Wildman–Crippen LogP) is 4.30. The van der Waals surface area contributed by atoms with Crippen molar-refractivity contribution in [2.75, 3.05) is 11.9 Å². The SMILES string of the molecule is Cc1cccc(C(=O)N[C@@H]2C(=O)N(C)c3c(c(C)nn3C(C)(C)C)[C@@H]2c2ccc(F)cc2)c1. The maximum absolute atomic E-state index is 13.7. The quantitative estimate of drug-likeness (QED) is 0.650. The van der Waals surface area contributed by atoms with Gasteiger partial charge in [-0.15, -0.1) is 0 Å². The maximum atomic E-state index is 13.7. The minimum atomic E-state index is -0.864. The van der Waals surface area contributed by atoms with E-state index in [-0.39, 0.29) is 23.2 Å². The molecule has 0 saturated heterocycles. The second kappa shape index (κ2) is 8.14. The molecule has 0 spiro atoms. The van der Waals surface area contributed by atoms with Gasteiger partial charge in [0.25, 0.3) is 11.8 Å². The van der Waals surface area contributed by atoms with Gasteiger partial charge in [-0.05, 0) is 64.4 Å². The van der Waals surface area contributed by atoms with E-state index < -0.39 is 12.0 Å². The van der Waals surface area contributed by atoms with E-state index in [0.717, 1.165) is 22.4 Å². The molecule has 0 unspecified atom stereocenters. The maximum Gasteiger partial charge on any atom is 0.251 e. The van der Waals surface area contributed by atoms with Crippen molar-refractivity contribution in [3.05, 3.63) is 82.3 Å². The third kappa shape index (κ3) is 4.03. The molecule has 0 saturated carbocycles. The van der Waals surface area contributed by atoms with E-state index in [2.05, 4.69) is 5.32 Å². The van der Waals surface area contributed by atoms with Crippen LogP contribution in [0.5, 0.6) is 0 Å². The van der Waals surface area contributed by atoms with Gasteiger partial charge < -0.3 is 5.32 Å². The molecule has 4 rings (SSSR count). The highest BCUT2D eigenvalue weighted by Crippen LogP contribution is 2.43. The molecule has 7 heteroatoms. The summed E-state index contributed by atoms with van der Waals surface area (Å²) >= 11 is 0. The van der Waals surface area contributed by atoms with Gasteiger partial charge in [-0.2, -0.15) is 5.10 Å². The zero-order valence-electron chi connectivity index (χ0n) is 19.8. The van der Waals surface area contributed by atoms with Crippen LogP contribution in [-0.4, -0.2) is 34.7 Å². The van der Waals surface area contributed by atoms with E-state index in [1.807, 2.05) is 51.4 Å². The molecule has 1 N–H and O–H groups in total. The van der Waals surface area contributed by atoms with E-state index in [1.54, 1.807) is 36.2 Å². The van der Waals surface area contributed by atoms with Gasteiger partial charge in [-0.1, -0.05) is 29.8 Å². The Morgan fingerprint density at radius 3 is 2.36 bits per heavy atom. The van der Waals surface area contributed by atoms with Crippen molar-refractivity contribution >= 4 is 17.6 Å². The van der Waals surface area contributed by atoms with Crippen molar-refractivity contribution < 1.29 is 14.0 Å². The molecule has 6 nitrogen and oxygen atoms in total. The highest BCUT2D eigenvalue weighted by Gasteiger charge is 2.45. The van der Waals surface area contributed by atoms with Crippen LogP contribution in [0, 0.1) is 19.7 Å². The molecule has 1 aliphatic heterocycles. The number of likely N-dealkylation sites (N-methyl/N-ethyl adjacent to an activating group) is 1. The summed E-state index contributed by atoms with van der Waals surface area (Å²) < 4.78 is 15.6. The topological polar surface area (TPSA) is 67.2 Å². The molecule has 33 heavy (non-hydrogen) atoms. The molecule has 0 fully saturated rings. The number of nitrogens with zero attached hydrogens (tertiary/aromatic N) is 3. The molecule has 2 aromatic carbocycles. The van der Waals surface area contributed by atoms with Crippen LogP contribution in [0.4, 0.5) is 10.2 Å². The van der Waals surface area contributed by atoms with Crippen molar-refractivity contribution in [3.63, 3.8) is 0 Å². The lowest BCUT2D eigenvalue weighted by Crippen LogP contribution is -2.54. The van der Waals surface area contributed by atoms with Crippen molar-refractivity contribution in [3.8, 4) is 0 Å². The Balaban J connectivity index is 1.87. The first-order valence-electron chi connectivity index (χ1n) is 11.0. The molecule has 1 aliphatic rings. The second-order valence-electron chi connectivity index (χ2n) is 9.65. The number of carbonyl (C=O) groups excluding carboxylic acids is 2. The Morgan fingerprint density at radius 1 is 1.09 bits per heavy atom. The number of aromatic nitrogens is 2. The number of rotatable bonds is 3. The number of halogens is 1. The summed E-state index contributed by atoms with van der Waals surface area (Å²) in [6.45, 7) is 9.89. The number of benzene rings is 2. The number of hydrogen-bond donors (Lipinski definition) is 1. The summed E-state index contributed by atoms with van der Waals surface area (Å²) in [5.74, 6) is -0.750. The largest absolute Gasteiger partial charge is 0.339 e. The number of fused-ring (bicyclic) bond motifs is 1. The normalized spacial score (nSPS) is 18.3. The average Bonchev–Trinajstić information content (AvgIpc) is 3.10. The van der Waals surface area contributed by atoms with Gasteiger partial charge in [0.05, 0.1) is 11.2 Å². The van der Waals surface area contributed by atoms with Crippen LogP contribution >= 0.6 is 0 Å². The number of hydrogen-bond acceptors (Lipinski definition) is 3. The van der Waals surface area contributed by atoms with Crippen LogP contribution in [0.15, 0.2) is 48.5 Å². The first kappa shape index (κ1) is 22.7. The van der Waals surface area contributed by atoms with Gasteiger partial charge in [0, 0.05) is 24.1 Å². The second-order valence-corrected chi connectivity index (χ2v) is 9.65. The number of aryl methyl sites for hydroxylation is 2. The fourth-order valence-electron chi connectivity index (χ4n) is 4.49. The molecular weight excluding hydrogens is 419 g/mol. The van der Waals surface area contributed by atoms with E-state index in [4.69, 9.17) is 5.10 Å². The Kier molecular flexibility index (Phi) is 5.60. The van der Waals surface area contributed by atoms with Gasteiger partial charge in [0.1, 0.15) is 17.7 Å². The summed E-state index contributed by atoms with van der Waals surface area (Å²) in [4.78, 5) is 28.4. The van der Waals surface area contributed by atoms with E-state index in [0.29, 0.717) is 11.4 Å². The van der Waals surface area contributed by atoms with Crippen LogP contribution in [-0.2, 0) is 10.3 Å². The molecular formula is C26H29FN4O2. The highest BCUT2D eigenvalue weighted by molar-refractivity contribution is 6.05. The lowest BCUT2D eigenvalue weighted by Gasteiger charge is -2.38. The zero-order valence-corrected chi connectivity index (χ0v) is 19.8. The standard InChI is InChI=1S/C26H29FN4O2/c1-15-8-7-9-18(14-15)23(32)28-22-21(17-10-12-19(27)13-11-17)20-16(2)29-31(26(3,4)5)24(20)30(6)25(22)33/h7-14,21-22H,1-6H3,(H,28,32)/t21-,22-/m0/s1. The number of nitrogens with one attached hydrogen (secondary N) is 1. The fourth-order valence-corrected chi connectivity index (χ4v) is 4.49.